The van der Waals surface area contributed by atoms with Gasteiger partial charge in [-0.3, -0.25) is 4.79 Å². The minimum absolute atomic E-state index is 0.105. The zero-order valence-electron chi connectivity index (χ0n) is 13.1. The van der Waals surface area contributed by atoms with E-state index in [1.165, 1.54) is 0 Å². The van der Waals surface area contributed by atoms with Gasteiger partial charge >= 0.3 is 12.1 Å². The van der Waals surface area contributed by atoms with E-state index in [4.69, 9.17) is 21.1 Å². The van der Waals surface area contributed by atoms with Crippen molar-refractivity contribution in [3.63, 3.8) is 0 Å². The molecule has 0 aliphatic carbocycles. The van der Waals surface area contributed by atoms with Gasteiger partial charge in [-0.05, 0) is 25.8 Å². The molecule has 1 aliphatic heterocycles. The zero-order valence-corrected chi connectivity index (χ0v) is 13.9. The number of esters is 1. The number of aromatic amines is 1. The first-order valence-electron chi connectivity index (χ1n) is 7.51. The molecule has 0 saturated carbocycles. The molecule has 1 aliphatic rings. The normalized spacial score (nSPS) is 14.0. The van der Waals surface area contributed by atoms with Crippen molar-refractivity contribution < 1.29 is 19.1 Å². The average molecular weight is 343 g/mol. The summed E-state index contributed by atoms with van der Waals surface area (Å²) in [7, 11) is 0. The van der Waals surface area contributed by atoms with E-state index in [1.54, 1.807) is 18.7 Å². The zero-order chi connectivity index (χ0) is 17.0. The highest BCUT2D eigenvalue weighted by molar-refractivity contribution is 6.34. The Hall–Kier alpha value is -2.02. The molecule has 0 atom stereocenters. The molecule has 2 rings (SSSR count). The number of nitrogens with zero attached hydrogens (tertiary/aromatic N) is 1. The number of amides is 1. The van der Waals surface area contributed by atoms with Crippen molar-refractivity contribution in [1.29, 1.82) is 0 Å². The Bertz CT molecular complexity index is 671. The molecule has 8 heteroatoms. The minimum Gasteiger partial charge on any atom is -0.462 e. The number of fused-ring (bicyclic) bond motifs is 1. The van der Waals surface area contributed by atoms with E-state index in [0.29, 0.717) is 43.8 Å². The molecule has 0 saturated heterocycles. The lowest BCUT2D eigenvalue weighted by atomic mass is 10.1. The van der Waals surface area contributed by atoms with Crippen molar-refractivity contribution in [2.24, 2.45) is 0 Å². The van der Waals surface area contributed by atoms with Gasteiger partial charge in [0.05, 0.1) is 18.2 Å². The molecule has 126 valence electrons. The van der Waals surface area contributed by atoms with Crippen molar-refractivity contribution in [3.05, 3.63) is 32.2 Å². The smallest absolute Gasteiger partial charge is 0.409 e. The van der Waals surface area contributed by atoms with Crippen LogP contribution >= 0.6 is 11.6 Å². The standard InChI is InChI=1S/C15H19ClN2O5/c1-3-22-14(20)11-12(16)9-5-7-18(15(21)23-4-2)8-6-10(9)17-13(11)19/h3-8H2,1-2H3,(H,17,19). The molecule has 0 unspecified atom stereocenters. The first kappa shape index (κ1) is 17.3. The lowest BCUT2D eigenvalue weighted by Crippen LogP contribution is -2.33. The van der Waals surface area contributed by atoms with Crippen molar-refractivity contribution in [2.75, 3.05) is 26.3 Å². The van der Waals surface area contributed by atoms with Crippen LogP contribution in [0.2, 0.25) is 5.02 Å². The molecule has 1 aromatic heterocycles. The number of carbonyl (C=O) groups is 2. The van der Waals surface area contributed by atoms with E-state index >= 15 is 0 Å². The van der Waals surface area contributed by atoms with Crippen LogP contribution in [0.25, 0.3) is 0 Å². The number of aromatic nitrogens is 1. The van der Waals surface area contributed by atoms with Crippen LogP contribution in [-0.2, 0) is 22.3 Å². The SMILES string of the molecule is CCOC(=O)c1c(Cl)c2c([nH]c1=O)CCN(C(=O)OCC)CC2. The third-order valence-corrected chi connectivity index (χ3v) is 4.03. The maximum atomic E-state index is 12.1. The lowest BCUT2D eigenvalue weighted by molar-refractivity contribution is 0.0524. The molecule has 23 heavy (non-hydrogen) atoms. The molecule has 0 spiro atoms. The van der Waals surface area contributed by atoms with Gasteiger partial charge in [-0.2, -0.15) is 0 Å². The topological polar surface area (TPSA) is 88.7 Å². The van der Waals surface area contributed by atoms with E-state index < -0.39 is 17.6 Å². The Balaban J connectivity index is 2.32. The first-order chi connectivity index (χ1) is 11.0. The fourth-order valence-electron chi connectivity index (χ4n) is 2.52. The van der Waals surface area contributed by atoms with E-state index in [-0.39, 0.29) is 17.2 Å². The molecule has 0 radical (unpaired) electrons. The van der Waals surface area contributed by atoms with Gasteiger partial charge in [0.1, 0.15) is 5.56 Å². The number of rotatable bonds is 3. The van der Waals surface area contributed by atoms with Crippen LogP contribution in [0, 0.1) is 0 Å². The van der Waals surface area contributed by atoms with Gasteiger partial charge in [-0.25, -0.2) is 9.59 Å². The minimum atomic E-state index is -0.743. The molecule has 1 aromatic rings. The summed E-state index contributed by atoms with van der Waals surface area (Å²) in [6.45, 7) is 4.66. The summed E-state index contributed by atoms with van der Waals surface area (Å²) in [4.78, 5) is 40.1. The quantitative estimate of drug-likeness (QED) is 0.845. The highest BCUT2D eigenvalue weighted by Crippen LogP contribution is 2.25. The monoisotopic (exact) mass is 342 g/mol. The van der Waals surface area contributed by atoms with Crippen LogP contribution in [0.3, 0.4) is 0 Å². The number of pyridine rings is 1. The average Bonchev–Trinajstić information content (AvgIpc) is 2.70. The number of hydrogen-bond acceptors (Lipinski definition) is 5. The van der Waals surface area contributed by atoms with Crippen molar-refractivity contribution in [2.45, 2.75) is 26.7 Å². The maximum Gasteiger partial charge on any atom is 0.409 e. The van der Waals surface area contributed by atoms with E-state index in [1.807, 2.05) is 0 Å². The molecule has 2 heterocycles. The molecular weight excluding hydrogens is 324 g/mol. The van der Waals surface area contributed by atoms with Gasteiger partial charge in [0.25, 0.3) is 5.56 Å². The predicted molar refractivity (Wildman–Crippen MR) is 84.0 cm³/mol. The highest BCUT2D eigenvalue weighted by atomic mass is 35.5. The Morgan fingerprint density at radius 2 is 1.83 bits per heavy atom. The van der Waals surface area contributed by atoms with Crippen LogP contribution in [0.5, 0.6) is 0 Å². The Morgan fingerprint density at radius 3 is 2.48 bits per heavy atom. The number of halogens is 1. The molecular formula is C15H19ClN2O5. The van der Waals surface area contributed by atoms with Crippen LogP contribution < -0.4 is 5.56 Å². The largest absolute Gasteiger partial charge is 0.462 e. The summed E-state index contributed by atoms with van der Waals surface area (Å²) in [5, 5.41) is 0.105. The first-order valence-corrected chi connectivity index (χ1v) is 7.89. The van der Waals surface area contributed by atoms with Gasteiger partial charge in [-0.1, -0.05) is 11.6 Å². The summed E-state index contributed by atoms with van der Waals surface area (Å²) in [6.07, 6.45) is 0.465. The van der Waals surface area contributed by atoms with Crippen LogP contribution in [0.15, 0.2) is 4.79 Å². The number of hydrogen-bond donors (Lipinski definition) is 1. The number of nitrogens with one attached hydrogen (secondary N) is 1. The Labute approximate surface area is 138 Å². The third kappa shape index (κ3) is 3.67. The fourth-order valence-corrected chi connectivity index (χ4v) is 2.89. The summed E-state index contributed by atoms with van der Waals surface area (Å²) < 4.78 is 9.87. The lowest BCUT2D eigenvalue weighted by Gasteiger charge is -2.18. The second-order valence-electron chi connectivity index (χ2n) is 5.01. The molecule has 1 amide bonds. The van der Waals surface area contributed by atoms with E-state index in [9.17, 15) is 14.4 Å². The Kier molecular flexibility index (Phi) is 5.65. The second kappa shape index (κ2) is 7.50. The summed E-state index contributed by atoms with van der Waals surface area (Å²) in [5.41, 5.74) is 0.551. The maximum absolute atomic E-state index is 12.1. The second-order valence-corrected chi connectivity index (χ2v) is 5.38. The van der Waals surface area contributed by atoms with Crippen molar-refractivity contribution >= 4 is 23.7 Å². The summed E-state index contributed by atoms with van der Waals surface area (Å²) in [5.74, 6) is -0.743. The van der Waals surface area contributed by atoms with Crippen molar-refractivity contribution in [1.82, 2.24) is 9.88 Å². The van der Waals surface area contributed by atoms with Crippen LogP contribution in [0.1, 0.15) is 35.5 Å². The van der Waals surface area contributed by atoms with Crippen LogP contribution in [-0.4, -0.2) is 48.2 Å². The Morgan fingerprint density at radius 1 is 1.17 bits per heavy atom. The van der Waals surface area contributed by atoms with Gasteiger partial charge in [-0.15, -0.1) is 0 Å². The third-order valence-electron chi connectivity index (χ3n) is 3.61. The molecule has 0 fully saturated rings. The number of carbonyl (C=O) groups excluding carboxylic acids is 2. The number of ether oxygens (including phenoxy) is 2. The van der Waals surface area contributed by atoms with Crippen molar-refractivity contribution in [3.8, 4) is 0 Å². The van der Waals surface area contributed by atoms with E-state index in [2.05, 4.69) is 4.98 Å². The van der Waals surface area contributed by atoms with Gasteiger partial charge in [0.15, 0.2) is 0 Å². The van der Waals surface area contributed by atoms with Gasteiger partial charge in [0.2, 0.25) is 0 Å². The molecule has 0 bridgehead atoms. The molecule has 0 aromatic carbocycles. The fraction of sp³-hybridized carbons (Fsp3) is 0.533. The van der Waals surface area contributed by atoms with Gasteiger partial charge < -0.3 is 19.4 Å². The van der Waals surface area contributed by atoms with E-state index in [0.717, 1.165) is 0 Å². The van der Waals surface area contributed by atoms with Crippen LogP contribution in [0.4, 0.5) is 4.79 Å². The molecule has 7 nitrogen and oxygen atoms in total. The summed E-state index contributed by atoms with van der Waals surface area (Å²) in [6, 6.07) is 0. The highest BCUT2D eigenvalue weighted by Gasteiger charge is 2.26. The number of H-pyrrole nitrogens is 1. The van der Waals surface area contributed by atoms with Gasteiger partial charge in [0, 0.05) is 25.2 Å². The summed E-state index contributed by atoms with van der Waals surface area (Å²) >= 11 is 6.27. The predicted octanol–water partition coefficient (Wildman–Crippen LogP) is 1.76. The molecule has 1 N–H and O–H groups in total.